The predicted octanol–water partition coefficient (Wildman–Crippen LogP) is 3.57. The van der Waals surface area contributed by atoms with Crippen molar-refractivity contribution >= 4 is 40.4 Å². The van der Waals surface area contributed by atoms with Gasteiger partial charge in [0.1, 0.15) is 19.3 Å². The van der Waals surface area contributed by atoms with E-state index in [1.54, 1.807) is 24.3 Å². The van der Waals surface area contributed by atoms with Crippen molar-refractivity contribution in [2.45, 2.75) is 19.9 Å². The van der Waals surface area contributed by atoms with Gasteiger partial charge in [0.05, 0.1) is 15.6 Å². The Morgan fingerprint density at radius 2 is 1.88 bits per heavy atom. The monoisotopic (exact) mass is 394 g/mol. The van der Waals surface area contributed by atoms with Gasteiger partial charge in [-0.3, -0.25) is 9.59 Å². The molecule has 1 aliphatic rings. The van der Waals surface area contributed by atoms with Gasteiger partial charge in [-0.05, 0) is 17.4 Å². The largest absolute Gasteiger partial charge is 0.486 e. The number of carbonyl (C=O) groups is 2. The van der Waals surface area contributed by atoms with Crippen LogP contribution in [0.3, 0.4) is 0 Å². The Kier molecular flexibility index (Phi) is 5.68. The zero-order chi connectivity index (χ0) is 18.7. The average molecular weight is 395 g/mol. The van der Waals surface area contributed by atoms with Crippen LogP contribution in [-0.4, -0.2) is 31.1 Å². The summed E-state index contributed by atoms with van der Waals surface area (Å²) in [6.45, 7) is 4.63. The van der Waals surface area contributed by atoms with Gasteiger partial charge in [-0.15, -0.1) is 11.3 Å². The van der Waals surface area contributed by atoms with Crippen molar-refractivity contribution in [1.29, 1.82) is 0 Å². The lowest BCUT2D eigenvalue weighted by molar-refractivity contribution is -0.118. The van der Waals surface area contributed by atoms with Gasteiger partial charge in [-0.2, -0.15) is 0 Å². The van der Waals surface area contributed by atoms with Crippen molar-refractivity contribution in [3.05, 3.63) is 39.5 Å². The first-order valence-electron chi connectivity index (χ1n) is 8.20. The van der Waals surface area contributed by atoms with Crippen molar-refractivity contribution in [1.82, 2.24) is 5.32 Å². The fraction of sp³-hybridized carbons (Fsp3) is 0.333. The summed E-state index contributed by atoms with van der Waals surface area (Å²) in [7, 11) is 0. The van der Waals surface area contributed by atoms with Crippen LogP contribution in [0, 0.1) is 5.92 Å². The van der Waals surface area contributed by atoms with Crippen LogP contribution in [0.2, 0.25) is 5.02 Å². The predicted molar refractivity (Wildman–Crippen MR) is 101 cm³/mol. The number of benzene rings is 1. The third-order valence-electron chi connectivity index (χ3n) is 3.87. The van der Waals surface area contributed by atoms with E-state index in [2.05, 4.69) is 10.6 Å². The molecule has 2 amide bonds. The fourth-order valence-electron chi connectivity index (χ4n) is 2.53. The first kappa shape index (κ1) is 18.5. The number of hydrogen-bond acceptors (Lipinski definition) is 5. The molecular formula is C18H19ClN2O4S. The summed E-state index contributed by atoms with van der Waals surface area (Å²) >= 11 is 7.56. The maximum atomic E-state index is 12.7. The van der Waals surface area contributed by atoms with E-state index in [9.17, 15) is 9.59 Å². The summed E-state index contributed by atoms with van der Waals surface area (Å²) in [5.74, 6) is 0.353. The minimum Gasteiger partial charge on any atom is -0.486 e. The Hall–Kier alpha value is -2.25. The van der Waals surface area contributed by atoms with Gasteiger partial charge in [0.2, 0.25) is 5.91 Å². The molecule has 0 saturated heterocycles. The van der Waals surface area contributed by atoms with E-state index in [4.69, 9.17) is 21.1 Å². The molecule has 1 aromatic heterocycles. The van der Waals surface area contributed by atoms with Crippen LogP contribution in [0.25, 0.3) is 0 Å². The molecule has 8 heteroatoms. The third-order valence-corrected chi connectivity index (χ3v) is 5.05. The minimum atomic E-state index is -0.700. The molecule has 0 fully saturated rings. The highest BCUT2D eigenvalue weighted by Crippen LogP contribution is 2.38. The zero-order valence-corrected chi connectivity index (χ0v) is 15.9. The number of amides is 2. The molecule has 0 radical (unpaired) electrons. The normalized spacial score (nSPS) is 14.0. The Morgan fingerprint density at radius 1 is 1.19 bits per heavy atom. The summed E-state index contributed by atoms with van der Waals surface area (Å²) in [6.07, 6.45) is 0. The molecule has 2 N–H and O–H groups in total. The van der Waals surface area contributed by atoms with E-state index < -0.39 is 6.04 Å². The number of carbonyl (C=O) groups excluding carboxylic acids is 2. The van der Waals surface area contributed by atoms with Crippen LogP contribution >= 0.6 is 22.9 Å². The summed E-state index contributed by atoms with van der Waals surface area (Å²) in [6, 6.07) is 6.05. The van der Waals surface area contributed by atoms with Gasteiger partial charge in [0, 0.05) is 12.1 Å². The molecule has 0 saturated carbocycles. The summed E-state index contributed by atoms with van der Waals surface area (Å²) in [4.78, 5) is 25.6. The first-order chi connectivity index (χ1) is 12.5. The molecule has 0 bridgehead atoms. The quantitative estimate of drug-likeness (QED) is 0.812. The van der Waals surface area contributed by atoms with Gasteiger partial charge in [0.25, 0.3) is 5.91 Å². The lowest BCUT2D eigenvalue weighted by atomic mass is 10.0. The number of anilines is 1. The first-order valence-corrected chi connectivity index (χ1v) is 9.46. The number of ether oxygens (including phenoxy) is 2. The highest BCUT2D eigenvalue weighted by Gasteiger charge is 2.26. The molecule has 1 aliphatic heterocycles. The summed E-state index contributed by atoms with van der Waals surface area (Å²) in [5, 5.41) is 7.71. The molecule has 138 valence electrons. The SMILES string of the molecule is CC(C)C(NC(=O)c1cccs1)C(=O)Nc1cc2c(cc1Cl)OCCO2. The molecule has 3 rings (SSSR count). The number of nitrogens with one attached hydrogen (secondary N) is 2. The molecule has 2 heterocycles. The number of hydrogen-bond donors (Lipinski definition) is 2. The van der Waals surface area contributed by atoms with Crippen LogP contribution in [0.15, 0.2) is 29.6 Å². The smallest absolute Gasteiger partial charge is 0.262 e. The van der Waals surface area contributed by atoms with Crippen molar-refractivity contribution < 1.29 is 19.1 Å². The standard InChI is InChI=1S/C18H19ClN2O4S/c1-10(2)16(21-17(22)15-4-3-7-26-15)18(23)20-12-9-14-13(8-11(12)19)24-5-6-25-14/h3-4,7-10,16H,5-6H2,1-2H3,(H,20,23)(H,21,22). The van der Waals surface area contributed by atoms with Gasteiger partial charge >= 0.3 is 0 Å². The topological polar surface area (TPSA) is 76.7 Å². The van der Waals surface area contributed by atoms with E-state index >= 15 is 0 Å². The summed E-state index contributed by atoms with van der Waals surface area (Å²) in [5.41, 5.74) is 0.414. The lowest BCUT2D eigenvalue weighted by Gasteiger charge is -2.23. The number of fused-ring (bicyclic) bond motifs is 1. The Balaban J connectivity index is 1.75. The van der Waals surface area contributed by atoms with E-state index in [1.807, 2.05) is 19.2 Å². The van der Waals surface area contributed by atoms with E-state index in [0.717, 1.165) is 0 Å². The molecule has 1 unspecified atom stereocenters. The van der Waals surface area contributed by atoms with Gasteiger partial charge in [-0.1, -0.05) is 31.5 Å². The molecule has 1 aromatic carbocycles. The van der Waals surface area contributed by atoms with Crippen LogP contribution in [-0.2, 0) is 4.79 Å². The highest BCUT2D eigenvalue weighted by atomic mass is 35.5. The van der Waals surface area contributed by atoms with Crippen molar-refractivity contribution in [2.75, 3.05) is 18.5 Å². The second kappa shape index (κ2) is 7.97. The molecule has 6 nitrogen and oxygen atoms in total. The zero-order valence-electron chi connectivity index (χ0n) is 14.4. The minimum absolute atomic E-state index is 0.102. The molecule has 26 heavy (non-hydrogen) atoms. The van der Waals surface area contributed by atoms with Crippen LogP contribution in [0.1, 0.15) is 23.5 Å². The second-order valence-corrected chi connectivity index (χ2v) is 7.49. The maximum absolute atomic E-state index is 12.7. The van der Waals surface area contributed by atoms with Crippen LogP contribution < -0.4 is 20.1 Å². The van der Waals surface area contributed by atoms with E-state index in [1.165, 1.54) is 11.3 Å². The second-order valence-electron chi connectivity index (χ2n) is 6.14. The van der Waals surface area contributed by atoms with Crippen molar-refractivity contribution in [2.24, 2.45) is 5.92 Å². The molecule has 2 aromatic rings. The fourth-order valence-corrected chi connectivity index (χ4v) is 3.35. The summed E-state index contributed by atoms with van der Waals surface area (Å²) < 4.78 is 11.0. The van der Waals surface area contributed by atoms with Crippen molar-refractivity contribution in [3.63, 3.8) is 0 Å². The van der Waals surface area contributed by atoms with Crippen molar-refractivity contribution in [3.8, 4) is 11.5 Å². The average Bonchev–Trinajstić information content (AvgIpc) is 3.14. The Morgan fingerprint density at radius 3 is 2.50 bits per heavy atom. The Labute approximate surface area is 160 Å². The van der Waals surface area contributed by atoms with Crippen LogP contribution in [0.4, 0.5) is 5.69 Å². The number of thiophene rings is 1. The molecule has 0 spiro atoms. The lowest BCUT2D eigenvalue weighted by Crippen LogP contribution is -2.47. The van der Waals surface area contributed by atoms with Gasteiger partial charge < -0.3 is 20.1 Å². The number of halogens is 1. The Bertz CT molecular complexity index is 808. The highest BCUT2D eigenvalue weighted by molar-refractivity contribution is 7.12. The maximum Gasteiger partial charge on any atom is 0.262 e. The molecule has 0 aliphatic carbocycles. The number of rotatable bonds is 5. The van der Waals surface area contributed by atoms with Gasteiger partial charge in [0.15, 0.2) is 11.5 Å². The van der Waals surface area contributed by atoms with Crippen LogP contribution in [0.5, 0.6) is 11.5 Å². The van der Waals surface area contributed by atoms with E-state index in [0.29, 0.717) is 40.3 Å². The molecular weight excluding hydrogens is 376 g/mol. The van der Waals surface area contributed by atoms with E-state index in [-0.39, 0.29) is 17.7 Å². The van der Waals surface area contributed by atoms with Gasteiger partial charge in [-0.25, -0.2) is 0 Å². The third kappa shape index (κ3) is 4.11. The molecule has 1 atom stereocenters.